The summed E-state index contributed by atoms with van der Waals surface area (Å²) in [5.41, 5.74) is -0.747. The lowest BCUT2D eigenvalue weighted by Gasteiger charge is -2.14. The molecule has 0 N–H and O–H groups in total. The minimum Gasteiger partial charge on any atom is -0.468 e. The van der Waals surface area contributed by atoms with E-state index in [1.807, 2.05) is 0 Å². The van der Waals surface area contributed by atoms with E-state index in [1.54, 1.807) is 0 Å². The fourth-order valence-electron chi connectivity index (χ4n) is 1.58. The van der Waals surface area contributed by atoms with Gasteiger partial charge in [0.1, 0.15) is 5.02 Å². The molecule has 0 aliphatic rings. The van der Waals surface area contributed by atoms with Crippen LogP contribution < -0.4 is 0 Å². The molecule has 0 fully saturated rings. The van der Waals surface area contributed by atoms with Crippen LogP contribution in [0.1, 0.15) is 11.5 Å². The van der Waals surface area contributed by atoms with E-state index in [4.69, 9.17) is 11.6 Å². The standard InChI is InChI=1S/C11H9BrClNO6/c1-19-10(15)8(11(16)20-2)6-3-5(12)4-7(13)9(6)14(17)18/h3-4,8H,1-2H3. The number of benzene rings is 1. The van der Waals surface area contributed by atoms with Gasteiger partial charge in [-0.05, 0) is 12.1 Å². The van der Waals surface area contributed by atoms with Gasteiger partial charge in [0.2, 0.25) is 0 Å². The quantitative estimate of drug-likeness (QED) is 0.351. The molecule has 0 aromatic heterocycles. The Morgan fingerprint density at radius 3 is 2.20 bits per heavy atom. The molecule has 0 aliphatic carbocycles. The average molecular weight is 367 g/mol. The number of esters is 2. The van der Waals surface area contributed by atoms with Crippen LogP contribution in [0.15, 0.2) is 16.6 Å². The molecule has 0 heterocycles. The number of nitro benzene ring substituents is 1. The third-order valence-electron chi connectivity index (χ3n) is 2.43. The molecule has 0 saturated heterocycles. The monoisotopic (exact) mass is 365 g/mol. The minimum atomic E-state index is -1.58. The highest BCUT2D eigenvalue weighted by atomic mass is 79.9. The Morgan fingerprint density at radius 2 is 1.80 bits per heavy atom. The molecule has 1 rings (SSSR count). The number of rotatable bonds is 4. The fraction of sp³-hybridized carbons (Fsp3) is 0.273. The Hall–Kier alpha value is -1.67. The number of halogens is 2. The van der Waals surface area contributed by atoms with Gasteiger partial charge in [-0.1, -0.05) is 27.5 Å². The Labute approximate surface area is 127 Å². The average Bonchev–Trinajstić information content (AvgIpc) is 2.37. The Morgan fingerprint density at radius 1 is 1.30 bits per heavy atom. The maximum Gasteiger partial charge on any atom is 0.324 e. The number of methoxy groups -OCH3 is 2. The van der Waals surface area contributed by atoms with E-state index >= 15 is 0 Å². The summed E-state index contributed by atoms with van der Waals surface area (Å²) in [6.45, 7) is 0. The van der Waals surface area contributed by atoms with E-state index in [1.165, 1.54) is 12.1 Å². The predicted octanol–water partition coefficient (Wildman–Crippen LogP) is 2.44. The summed E-state index contributed by atoms with van der Waals surface area (Å²) in [6.07, 6.45) is 0. The van der Waals surface area contributed by atoms with Crippen molar-refractivity contribution in [2.45, 2.75) is 5.92 Å². The maximum absolute atomic E-state index is 11.7. The van der Waals surface area contributed by atoms with Crippen molar-refractivity contribution in [2.24, 2.45) is 0 Å². The van der Waals surface area contributed by atoms with Crippen molar-refractivity contribution in [3.8, 4) is 0 Å². The van der Waals surface area contributed by atoms with E-state index in [0.29, 0.717) is 4.47 Å². The van der Waals surface area contributed by atoms with Gasteiger partial charge in [-0.25, -0.2) is 0 Å². The first-order valence-corrected chi connectivity index (χ1v) is 6.29. The second-order valence-corrected chi connectivity index (χ2v) is 4.88. The van der Waals surface area contributed by atoms with Gasteiger partial charge in [0.15, 0.2) is 5.92 Å². The number of hydrogen-bond acceptors (Lipinski definition) is 6. The first kappa shape index (κ1) is 16.4. The van der Waals surface area contributed by atoms with Crippen LogP contribution in [0.5, 0.6) is 0 Å². The topological polar surface area (TPSA) is 95.7 Å². The van der Waals surface area contributed by atoms with Gasteiger partial charge < -0.3 is 9.47 Å². The van der Waals surface area contributed by atoms with Crippen LogP contribution in [0.2, 0.25) is 5.02 Å². The highest BCUT2D eigenvalue weighted by Gasteiger charge is 2.37. The van der Waals surface area contributed by atoms with Crippen LogP contribution in [0.4, 0.5) is 5.69 Å². The van der Waals surface area contributed by atoms with Crippen LogP contribution in [-0.4, -0.2) is 31.1 Å². The van der Waals surface area contributed by atoms with Crippen LogP contribution in [0.3, 0.4) is 0 Å². The van der Waals surface area contributed by atoms with Gasteiger partial charge in [-0.2, -0.15) is 0 Å². The fourth-order valence-corrected chi connectivity index (χ4v) is 2.49. The molecule has 20 heavy (non-hydrogen) atoms. The third kappa shape index (κ3) is 3.26. The maximum atomic E-state index is 11.7. The first-order valence-electron chi connectivity index (χ1n) is 5.12. The highest BCUT2D eigenvalue weighted by Crippen LogP contribution is 2.37. The number of carbonyl (C=O) groups is 2. The molecule has 0 amide bonds. The molecule has 9 heteroatoms. The predicted molar refractivity (Wildman–Crippen MR) is 72.6 cm³/mol. The summed E-state index contributed by atoms with van der Waals surface area (Å²) >= 11 is 8.89. The first-order chi connectivity index (χ1) is 9.33. The van der Waals surface area contributed by atoms with E-state index in [9.17, 15) is 19.7 Å². The van der Waals surface area contributed by atoms with Crippen molar-refractivity contribution < 1.29 is 24.0 Å². The molecule has 0 aliphatic heterocycles. The van der Waals surface area contributed by atoms with Crippen molar-refractivity contribution >= 4 is 45.2 Å². The summed E-state index contributed by atoms with van der Waals surface area (Å²) in [4.78, 5) is 33.7. The van der Waals surface area contributed by atoms with Crippen molar-refractivity contribution in [3.05, 3.63) is 37.3 Å². The lowest BCUT2D eigenvalue weighted by atomic mass is 9.97. The molecular formula is C11H9BrClNO6. The number of nitro groups is 1. The molecule has 108 valence electrons. The molecule has 1 aromatic carbocycles. The molecule has 0 spiro atoms. The number of ether oxygens (including phenoxy) is 2. The summed E-state index contributed by atoms with van der Waals surface area (Å²) in [5, 5.41) is 10.9. The third-order valence-corrected chi connectivity index (χ3v) is 3.17. The molecule has 1 aromatic rings. The summed E-state index contributed by atoms with van der Waals surface area (Å²) in [6, 6.07) is 2.54. The van der Waals surface area contributed by atoms with Gasteiger partial charge in [-0.15, -0.1) is 0 Å². The van der Waals surface area contributed by atoms with E-state index < -0.39 is 28.5 Å². The molecule has 0 unspecified atom stereocenters. The van der Waals surface area contributed by atoms with E-state index in [2.05, 4.69) is 25.4 Å². The molecule has 0 bridgehead atoms. The highest BCUT2D eigenvalue weighted by molar-refractivity contribution is 9.10. The molecule has 0 atom stereocenters. The molecule has 0 saturated carbocycles. The van der Waals surface area contributed by atoms with Gasteiger partial charge in [0.05, 0.1) is 24.7 Å². The Bertz CT molecular complexity index is 560. The zero-order valence-corrected chi connectivity index (χ0v) is 12.7. The summed E-state index contributed by atoms with van der Waals surface area (Å²) in [5.74, 6) is -3.54. The van der Waals surface area contributed by atoms with Crippen LogP contribution in [0, 0.1) is 10.1 Å². The zero-order valence-electron chi connectivity index (χ0n) is 10.4. The van der Waals surface area contributed by atoms with Gasteiger partial charge in [-0.3, -0.25) is 19.7 Å². The second kappa shape index (κ2) is 6.67. The Balaban J connectivity index is 3.58. The van der Waals surface area contributed by atoms with Gasteiger partial charge in [0, 0.05) is 4.47 Å². The summed E-state index contributed by atoms with van der Waals surface area (Å²) in [7, 11) is 2.12. The van der Waals surface area contributed by atoms with Gasteiger partial charge >= 0.3 is 11.9 Å². The SMILES string of the molecule is COC(=O)C(C(=O)OC)c1cc(Br)cc(Cl)c1[N+](=O)[O-]. The van der Waals surface area contributed by atoms with E-state index in [-0.39, 0.29) is 10.6 Å². The van der Waals surface area contributed by atoms with Crippen molar-refractivity contribution in [1.82, 2.24) is 0 Å². The normalized spacial score (nSPS) is 10.2. The molecular weight excluding hydrogens is 357 g/mol. The second-order valence-electron chi connectivity index (χ2n) is 3.56. The largest absolute Gasteiger partial charge is 0.468 e. The number of hydrogen-bond donors (Lipinski definition) is 0. The van der Waals surface area contributed by atoms with Crippen molar-refractivity contribution in [1.29, 1.82) is 0 Å². The Kier molecular flexibility index (Phi) is 5.46. The smallest absolute Gasteiger partial charge is 0.324 e. The van der Waals surface area contributed by atoms with Crippen molar-refractivity contribution in [3.63, 3.8) is 0 Å². The number of nitrogens with zero attached hydrogens (tertiary/aromatic N) is 1. The van der Waals surface area contributed by atoms with Crippen molar-refractivity contribution in [2.75, 3.05) is 14.2 Å². The zero-order chi connectivity index (χ0) is 15.4. The van der Waals surface area contributed by atoms with Crippen LogP contribution in [-0.2, 0) is 19.1 Å². The number of carbonyl (C=O) groups excluding carboxylic acids is 2. The summed E-state index contributed by atoms with van der Waals surface area (Å²) < 4.78 is 9.34. The van der Waals surface area contributed by atoms with E-state index in [0.717, 1.165) is 14.2 Å². The molecule has 0 radical (unpaired) electrons. The minimum absolute atomic E-state index is 0.201. The van der Waals surface area contributed by atoms with Crippen LogP contribution in [0.25, 0.3) is 0 Å². The lowest BCUT2D eigenvalue weighted by Crippen LogP contribution is -2.25. The molecule has 7 nitrogen and oxygen atoms in total. The van der Waals surface area contributed by atoms with Crippen LogP contribution >= 0.6 is 27.5 Å². The van der Waals surface area contributed by atoms with Gasteiger partial charge in [0.25, 0.3) is 5.69 Å². The lowest BCUT2D eigenvalue weighted by molar-refractivity contribution is -0.385.